The minimum Gasteiger partial charge on any atom is -0.375 e. The Morgan fingerprint density at radius 1 is 0.875 bits per heavy atom. The zero-order valence-corrected chi connectivity index (χ0v) is 10.7. The molecule has 1 rings (SSSR count). The molecule has 1 fully saturated rings. The van der Waals surface area contributed by atoms with Crippen molar-refractivity contribution in [2.24, 2.45) is 0 Å². The average Bonchev–Trinajstić information content (AvgIpc) is 2.28. The minimum atomic E-state index is -0.737. The first-order valence-electron chi connectivity index (χ1n) is 7.10. The van der Waals surface area contributed by atoms with Crippen LogP contribution < -0.4 is 0 Å². The maximum absolute atomic E-state index is 13.9. The van der Waals surface area contributed by atoms with Crippen molar-refractivity contribution >= 4 is 0 Å². The molecule has 2 atom stereocenters. The highest BCUT2D eigenvalue weighted by Gasteiger charge is 2.20. The molecule has 0 unspecified atom stereocenters. The summed E-state index contributed by atoms with van der Waals surface area (Å²) in [6.45, 7) is 2.61. The normalized spacial score (nSPS) is 30.4. The van der Waals surface area contributed by atoms with E-state index in [0.717, 1.165) is 19.3 Å². The number of hydrogen-bond donors (Lipinski definition) is 0. The van der Waals surface area contributed by atoms with Gasteiger partial charge in [-0.1, -0.05) is 51.4 Å². The summed E-state index contributed by atoms with van der Waals surface area (Å²) in [7, 11) is 0. The Kier molecular flexibility index (Phi) is 7.83. The van der Waals surface area contributed by atoms with Gasteiger partial charge in [-0.25, -0.2) is 4.39 Å². The zero-order chi connectivity index (χ0) is 11.6. The van der Waals surface area contributed by atoms with Gasteiger partial charge in [0.25, 0.3) is 0 Å². The van der Waals surface area contributed by atoms with E-state index in [1.54, 1.807) is 0 Å². The number of alkyl halides is 1. The Hall–Kier alpha value is -0.110. The van der Waals surface area contributed by atoms with Crippen molar-refractivity contribution in [2.75, 3.05) is 6.61 Å². The fourth-order valence-corrected chi connectivity index (χ4v) is 2.51. The van der Waals surface area contributed by atoms with E-state index in [1.165, 1.54) is 38.5 Å². The van der Waals surface area contributed by atoms with E-state index >= 15 is 0 Å². The summed E-state index contributed by atoms with van der Waals surface area (Å²) in [5.74, 6) is 0. The Labute approximate surface area is 99.8 Å². The smallest absolute Gasteiger partial charge is 0.126 e. The molecule has 0 amide bonds. The van der Waals surface area contributed by atoms with Crippen LogP contribution >= 0.6 is 0 Å². The van der Waals surface area contributed by atoms with E-state index in [1.807, 2.05) is 6.92 Å². The summed E-state index contributed by atoms with van der Waals surface area (Å²) in [6.07, 6.45) is 10.6. The molecule has 1 saturated carbocycles. The molecule has 0 aromatic heterocycles. The highest BCUT2D eigenvalue weighted by molar-refractivity contribution is 4.70. The fraction of sp³-hybridized carbons (Fsp3) is 1.00. The Balaban J connectivity index is 2.33. The summed E-state index contributed by atoms with van der Waals surface area (Å²) in [5.41, 5.74) is 0. The molecular weight excluding hydrogens is 203 g/mol. The standard InChI is InChI=1S/C14H27FO/c1-2-16-14-12-10-8-6-4-3-5-7-9-11-13(14)15/h13-14H,2-12H2,1H3/t13-,14-/m1/s1. The molecule has 0 radical (unpaired) electrons. The van der Waals surface area contributed by atoms with Gasteiger partial charge in [-0.3, -0.25) is 0 Å². The molecule has 0 bridgehead atoms. The van der Waals surface area contributed by atoms with Gasteiger partial charge in [0.1, 0.15) is 6.17 Å². The third-order valence-electron chi connectivity index (χ3n) is 3.50. The first-order valence-corrected chi connectivity index (χ1v) is 7.10. The highest BCUT2D eigenvalue weighted by Crippen LogP contribution is 2.21. The lowest BCUT2D eigenvalue weighted by Gasteiger charge is -2.21. The van der Waals surface area contributed by atoms with Crippen LogP contribution in [-0.4, -0.2) is 18.9 Å². The lowest BCUT2D eigenvalue weighted by Crippen LogP contribution is -2.25. The van der Waals surface area contributed by atoms with Crippen molar-refractivity contribution in [3.63, 3.8) is 0 Å². The van der Waals surface area contributed by atoms with Gasteiger partial charge in [-0.15, -0.1) is 0 Å². The quantitative estimate of drug-likeness (QED) is 0.671. The summed E-state index contributed by atoms with van der Waals surface area (Å²) in [5, 5.41) is 0. The van der Waals surface area contributed by atoms with Crippen molar-refractivity contribution in [2.45, 2.75) is 83.4 Å². The maximum Gasteiger partial charge on any atom is 0.126 e. The van der Waals surface area contributed by atoms with E-state index in [0.29, 0.717) is 13.0 Å². The van der Waals surface area contributed by atoms with Gasteiger partial charge in [0.2, 0.25) is 0 Å². The monoisotopic (exact) mass is 230 g/mol. The molecular formula is C14H27FO. The maximum atomic E-state index is 13.9. The van der Waals surface area contributed by atoms with Crippen LogP contribution in [0.4, 0.5) is 4.39 Å². The topological polar surface area (TPSA) is 9.23 Å². The molecule has 1 aliphatic carbocycles. The highest BCUT2D eigenvalue weighted by atomic mass is 19.1. The van der Waals surface area contributed by atoms with Gasteiger partial charge >= 0.3 is 0 Å². The second-order valence-corrected chi connectivity index (χ2v) is 4.92. The van der Waals surface area contributed by atoms with Crippen LogP contribution in [0.1, 0.15) is 71.1 Å². The van der Waals surface area contributed by atoms with Crippen molar-refractivity contribution in [3.05, 3.63) is 0 Å². The molecule has 0 aromatic carbocycles. The second kappa shape index (κ2) is 8.98. The van der Waals surface area contributed by atoms with E-state index < -0.39 is 6.17 Å². The average molecular weight is 230 g/mol. The Morgan fingerprint density at radius 3 is 1.94 bits per heavy atom. The molecule has 1 aliphatic rings. The van der Waals surface area contributed by atoms with E-state index in [-0.39, 0.29) is 6.10 Å². The molecule has 0 aliphatic heterocycles. The van der Waals surface area contributed by atoms with Crippen LogP contribution in [0.15, 0.2) is 0 Å². The largest absolute Gasteiger partial charge is 0.375 e. The van der Waals surface area contributed by atoms with Gasteiger partial charge in [-0.05, 0) is 19.8 Å². The van der Waals surface area contributed by atoms with Gasteiger partial charge in [0.15, 0.2) is 0 Å². The zero-order valence-electron chi connectivity index (χ0n) is 10.7. The lowest BCUT2D eigenvalue weighted by molar-refractivity contribution is -0.00598. The summed E-state index contributed by atoms with van der Waals surface area (Å²) in [6, 6.07) is 0. The number of hydrogen-bond acceptors (Lipinski definition) is 1. The molecule has 0 saturated heterocycles. The lowest BCUT2D eigenvalue weighted by atomic mass is 9.98. The molecule has 0 N–H and O–H groups in total. The molecule has 16 heavy (non-hydrogen) atoms. The number of ether oxygens (including phenoxy) is 1. The molecule has 96 valence electrons. The van der Waals surface area contributed by atoms with Crippen LogP contribution in [0, 0.1) is 0 Å². The van der Waals surface area contributed by atoms with Gasteiger partial charge < -0.3 is 4.74 Å². The van der Waals surface area contributed by atoms with Crippen LogP contribution in [0.25, 0.3) is 0 Å². The SMILES string of the molecule is CCO[C@@H]1CCCCCCCCCC[C@H]1F. The molecule has 1 nitrogen and oxygen atoms in total. The minimum absolute atomic E-state index is 0.135. The first kappa shape index (κ1) is 14.0. The summed E-state index contributed by atoms with van der Waals surface area (Å²) >= 11 is 0. The van der Waals surface area contributed by atoms with Crippen molar-refractivity contribution < 1.29 is 9.13 Å². The van der Waals surface area contributed by atoms with Crippen molar-refractivity contribution in [1.29, 1.82) is 0 Å². The van der Waals surface area contributed by atoms with Crippen molar-refractivity contribution in [3.8, 4) is 0 Å². The fourth-order valence-electron chi connectivity index (χ4n) is 2.51. The Bertz CT molecular complexity index is 161. The van der Waals surface area contributed by atoms with E-state index in [4.69, 9.17) is 4.74 Å². The Morgan fingerprint density at radius 2 is 1.38 bits per heavy atom. The summed E-state index contributed by atoms with van der Waals surface area (Å²) in [4.78, 5) is 0. The van der Waals surface area contributed by atoms with E-state index in [9.17, 15) is 4.39 Å². The van der Waals surface area contributed by atoms with Gasteiger partial charge in [-0.2, -0.15) is 0 Å². The number of rotatable bonds is 2. The predicted octanol–water partition coefficient (Wildman–Crippen LogP) is 4.64. The van der Waals surface area contributed by atoms with E-state index in [2.05, 4.69) is 0 Å². The molecule has 0 aromatic rings. The summed E-state index contributed by atoms with van der Waals surface area (Å²) < 4.78 is 19.4. The first-order chi connectivity index (χ1) is 7.84. The molecule has 0 spiro atoms. The van der Waals surface area contributed by atoms with Crippen LogP contribution in [0.2, 0.25) is 0 Å². The third kappa shape index (κ3) is 5.83. The van der Waals surface area contributed by atoms with Crippen LogP contribution in [0.5, 0.6) is 0 Å². The van der Waals surface area contributed by atoms with Crippen LogP contribution in [-0.2, 0) is 4.74 Å². The molecule has 0 heterocycles. The number of halogens is 1. The predicted molar refractivity (Wildman–Crippen MR) is 66.5 cm³/mol. The van der Waals surface area contributed by atoms with Gasteiger partial charge in [0.05, 0.1) is 6.10 Å². The second-order valence-electron chi connectivity index (χ2n) is 4.92. The van der Waals surface area contributed by atoms with Crippen molar-refractivity contribution in [1.82, 2.24) is 0 Å². The third-order valence-corrected chi connectivity index (χ3v) is 3.50. The molecule has 2 heteroatoms. The van der Waals surface area contributed by atoms with Crippen LogP contribution in [0.3, 0.4) is 0 Å². The van der Waals surface area contributed by atoms with Gasteiger partial charge in [0, 0.05) is 6.61 Å².